The maximum atomic E-state index is 12.6. The number of rotatable bonds is 4. The summed E-state index contributed by atoms with van der Waals surface area (Å²) in [5, 5.41) is 2.62. The molecule has 4 aliphatic rings. The molecule has 6 heteroatoms. The number of ether oxygens (including phenoxy) is 2. The van der Waals surface area contributed by atoms with Crippen molar-refractivity contribution >= 4 is 11.9 Å². The van der Waals surface area contributed by atoms with Crippen molar-refractivity contribution in [2.45, 2.75) is 49.9 Å². The van der Waals surface area contributed by atoms with Crippen LogP contribution in [0.3, 0.4) is 0 Å². The molecule has 0 radical (unpaired) electrons. The van der Waals surface area contributed by atoms with Gasteiger partial charge in [-0.15, -0.1) is 0 Å². The van der Waals surface area contributed by atoms with E-state index in [1.165, 1.54) is 0 Å². The van der Waals surface area contributed by atoms with Gasteiger partial charge >= 0.3 is 6.03 Å². The van der Waals surface area contributed by atoms with Crippen LogP contribution in [-0.2, 0) is 14.3 Å². The Morgan fingerprint density at radius 3 is 2.10 bits per heavy atom. The second-order valence-electron chi connectivity index (χ2n) is 6.60. The zero-order valence-corrected chi connectivity index (χ0v) is 11.6. The van der Waals surface area contributed by atoms with Crippen molar-refractivity contribution < 1.29 is 23.5 Å². The number of amides is 3. The average Bonchev–Trinajstić information content (AvgIpc) is 3.33. The molecule has 0 aromatic carbocycles. The predicted octanol–water partition coefficient (Wildman–Crippen LogP) is 0.553. The fourth-order valence-corrected chi connectivity index (χ4v) is 4.13. The Bertz CT molecular complexity index is 436. The highest BCUT2D eigenvalue weighted by Crippen LogP contribution is 2.45. The molecule has 6 nitrogen and oxygen atoms in total. The van der Waals surface area contributed by atoms with E-state index in [1.54, 1.807) is 0 Å². The van der Waals surface area contributed by atoms with Gasteiger partial charge in [0.2, 0.25) is 0 Å². The first-order valence-corrected chi connectivity index (χ1v) is 7.63. The molecule has 1 spiro atoms. The summed E-state index contributed by atoms with van der Waals surface area (Å²) in [6.07, 6.45) is 5.08. The van der Waals surface area contributed by atoms with Gasteiger partial charge in [0.15, 0.2) is 5.54 Å². The van der Waals surface area contributed by atoms with Gasteiger partial charge in [-0.2, -0.15) is 0 Å². The summed E-state index contributed by atoms with van der Waals surface area (Å²) in [7, 11) is 0. The van der Waals surface area contributed by atoms with Gasteiger partial charge in [0.1, 0.15) is 25.3 Å². The number of hydrogen-bond acceptors (Lipinski definition) is 4. The number of hydrogen-bond donors (Lipinski definition) is 1. The molecule has 4 fully saturated rings. The SMILES string of the molecule is O=C1NC(=O)[N+](CC2CO2)(CC2CO2)C12CCCCC2. The lowest BCUT2D eigenvalue weighted by Gasteiger charge is -2.45. The minimum atomic E-state index is -0.562. The van der Waals surface area contributed by atoms with Crippen LogP contribution in [0.15, 0.2) is 0 Å². The topological polar surface area (TPSA) is 71.2 Å². The lowest BCUT2D eigenvalue weighted by Crippen LogP contribution is -2.67. The predicted molar refractivity (Wildman–Crippen MR) is 68.8 cm³/mol. The average molecular weight is 281 g/mol. The molecule has 1 saturated carbocycles. The minimum Gasteiger partial charge on any atom is -0.367 e. The molecule has 3 amide bonds. The summed E-state index contributed by atoms with van der Waals surface area (Å²) < 4.78 is 11.0. The third kappa shape index (κ3) is 1.75. The van der Waals surface area contributed by atoms with Crippen LogP contribution in [0.25, 0.3) is 0 Å². The maximum absolute atomic E-state index is 12.6. The molecule has 0 bridgehead atoms. The number of nitrogens with zero attached hydrogens (tertiary/aromatic N) is 1. The van der Waals surface area contributed by atoms with Crippen LogP contribution in [0.5, 0.6) is 0 Å². The summed E-state index contributed by atoms with van der Waals surface area (Å²) in [5.74, 6) is -0.0662. The van der Waals surface area contributed by atoms with E-state index in [0.29, 0.717) is 26.3 Å². The molecule has 110 valence electrons. The van der Waals surface area contributed by atoms with Crippen LogP contribution < -0.4 is 5.32 Å². The smallest absolute Gasteiger partial charge is 0.367 e. The van der Waals surface area contributed by atoms with Crippen molar-refractivity contribution in [3.05, 3.63) is 0 Å². The summed E-state index contributed by atoms with van der Waals surface area (Å²) in [6.45, 7) is 2.67. The van der Waals surface area contributed by atoms with Crippen molar-refractivity contribution in [2.75, 3.05) is 26.3 Å². The van der Waals surface area contributed by atoms with Gasteiger partial charge in [-0.25, -0.2) is 14.6 Å². The number of carbonyl (C=O) groups is 2. The third-order valence-corrected chi connectivity index (χ3v) is 5.37. The maximum Gasteiger partial charge on any atom is 0.424 e. The van der Waals surface area contributed by atoms with Crippen LogP contribution in [0, 0.1) is 0 Å². The van der Waals surface area contributed by atoms with Gasteiger partial charge in [0, 0.05) is 12.8 Å². The molecular weight excluding hydrogens is 260 g/mol. The van der Waals surface area contributed by atoms with Crippen molar-refractivity contribution in [2.24, 2.45) is 0 Å². The van der Waals surface area contributed by atoms with E-state index in [4.69, 9.17) is 9.47 Å². The van der Waals surface area contributed by atoms with E-state index in [9.17, 15) is 9.59 Å². The number of carbonyl (C=O) groups excluding carboxylic acids is 2. The Morgan fingerprint density at radius 2 is 1.60 bits per heavy atom. The van der Waals surface area contributed by atoms with E-state index < -0.39 is 5.54 Å². The van der Waals surface area contributed by atoms with Crippen LogP contribution in [-0.4, -0.2) is 60.5 Å². The fourth-order valence-electron chi connectivity index (χ4n) is 4.13. The zero-order valence-electron chi connectivity index (χ0n) is 11.6. The summed E-state index contributed by atoms with van der Waals surface area (Å²) in [4.78, 5) is 25.2. The van der Waals surface area contributed by atoms with Gasteiger partial charge in [-0.1, -0.05) is 6.42 Å². The first-order chi connectivity index (χ1) is 9.66. The molecule has 1 aliphatic carbocycles. The lowest BCUT2D eigenvalue weighted by molar-refractivity contribution is -0.889. The molecule has 3 aliphatic heterocycles. The molecule has 0 aromatic heterocycles. The van der Waals surface area contributed by atoms with Gasteiger partial charge < -0.3 is 9.47 Å². The Morgan fingerprint density at radius 1 is 1.05 bits per heavy atom. The molecule has 2 atom stereocenters. The summed E-state index contributed by atoms with van der Waals surface area (Å²) >= 11 is 0. The minimum absolute atomic E-state index is 0.0662. The Balaban J connectivity index is 1.73. The second-order valence-corrected chi connectivity index (χ2v) is 6.60. The van der Waals surface area contributed by atoms with Crippen molar-refractivity contribution in [1.82, 2.24) is 5.32 Å². The first-order valence-electron chi connectivity index (χ1n) is 7.63. The standard InChI is InChI=1S/C14H20N2O4/c17-12-14(4-2-1-3-5-14)16(13(18)15-12,6-10-8-19-10)7-11-9-20-11/h10-11H,1-9H2/p+1. The lowest BCUT2D eigenvalue weighted by atomic mass is 9.78. The number of quaternary nitrogens is 1. The van der Waals surface area contributed by atoms with Crippen molar-refractivity contribution in [3.8, 4) is 0 Å². The zero-order chi connectivity index (χ0) is 13.8. The number of imide groups is 1. The van der Waals surface area contributed by atoms with E-state index in [2.05, 4.69) is 5.32 Å². The molecule has 0 aromatic rings. The summed E-state index contributed by atoms with van der Waals surface area (Å²) in [6, 6.07) is -0.136. The van der Waals surface area contributed by atoms with Crippen molar-refractivity contribution in [1.29, 1.82) is 0 Å². The highest BCUT2D eigenvalue weighted by Gasteiger charge is 2.69. The number of epoxide rings is 2. The highest BCUT2D eigenvalue weighted by atomic mass is 16.6. The Hall–Kier alpha value is -0.980. The first kappa shape index (κ1) is 12.7. The van der Waals surface area contributed by atoms with Crippen LogP contribution >= 0.6 is 0 Å². The third-order valence-electron chi connectivity index (χ3n) is 5.37. The quantitative estimate of drug-likeness (QED) is 0.464. The molecule has 20 heavy (non-hydrogen) atoms. The molecular formula is C14H21N2O4+. The normalized spacial score (nSPS) is 41.8. The van der Waals surface area contributed by atoms with Crippen molar-refractivity contribution in [3.63, 3.8) is 0 Å². The molecule has 2 unspecified atom stereocenters. The molecule has 3 saturated heterocycles. The molecule has 3 heterocycles. The number of nitrogens with one attached hydrogen (secondary N) is 1. The van der Waals surface area contributed by atoms with Crippen LogP contribution in [0.2, 0.25) is 0 Å². The van der Waals surface area contributed by atoms with Crippen LogP contribution in [0.1, 0.15) is 32.1 Å². The van der Waals surface area contributed by atoms with Gasteiger partial charge in [0.05, 0.1) is 13.2 Å². The van der Waals surface area contributed by atoms with Gasteiger partial charge in [-0.05, 0) is 12.8 Å². The van der Waals surface area contributed by atoms with E-state index in [0.717, 1.165) is 32.1 Å². The molecule has 4 rings (SSSR count). The largest absolute Gasteiger partial charge is 0.424 e. The van der Waals surface area contributed by atoms with E-state index in [1.807, 2.05) is 0 Å². The Labute approximate surface area is 118 Å². The monoisotopic (exact) mass is 281 g/mol. The van der Waals surface area contributed by atoms with Crippen LogP contribution in [0.4, 0.5) is 4.79 Å². The summed E-state index contributed by atoms with van der Waals surface area (Å²) in [5.41, 5.74) is -0.562. The van der Waals surface area contributed by atoms with Gasteiger partial charge in [-0.3, -0.25) is 4.79 Å². The molecule has 1 N–H and O–H groups in total. The van der Waals surface area contributed by atoms with E-state index in [-0.39, 0.29) is 28.6 Å². The second kappa shape index (κ2) is 4.26. The highest BCUT2D eigenvalue weighted by molar-refractivity contribution is 6.02. The van der Waals surface area contributed by atoms with Gasteiger partial charge in [0.25, 0.3) is 5.91 Å². The van der Waals surface area contributed by atoms with E-state index >= 15 is 0 Å². The Kier molecular flexibility index (Phi) is 2.71. The number of urea groups is 1. The fraction of sp³-hybridized carbons (Fsp3) is 0.857.